The van der Waals surface area contributed by atoms with E-state index >= 15 is 0 Å². The Balaban J connectivity index is 1.71. The van der Waals surface area contributed by atoms with E-state index in [2.05, 4.69) is 11.7 Å². The number of carbonyl (C=O) groups excluding carboxylic acids is 2. The van der Waals surface area contributed by atoms with Gasteiger partial charge in [-0.25, -0.2) is 0 Å². The minimum atomic E-state index is -0.181. The lowest BCUT2D eigenvalue weighted by molar-refractivity contribution is -0.138. The number of likely N-dealkylation sites (tertiary alicyclic amines) is 2. The van der Waals surface area contributed by atoms with Gasteiger partial charge in [0, 0.05) is 32.2 Å². The van der Waals surface area contributed by atoms with Crippen molar-refractivity contribution < 1.29 is 14.1 Å². The summed E-state index contributed by atoms with van der Waals surface area (Å²) in [5.74, 6) is 0.360. The van der Waals surface area contributed by atoms with Crippen LogP contribution < -0.4 is 0 Å². The lowest BCUT2D eigenvalue weighted by Gasteiger charge is -2.32. The number of nitrogens with zero attached hydrogens (tertiary/aromatic N) is 3. The maximum Gasteiger partial charge on any atom is 0.292 e. The molecule has 0 radical (unpaired) electrons. The molecule has 2 aliphatic rings. The summed E-state index contributed by atoms with van der Waals surface area (Å²) in [5, 5.41) is 3.55. The Morgan fingerprint density at radius 1 is 1.55 bits per heavy atom. The number of piperidine rings is 1. The molecule has 2 fully saturated rings. The van der Waals surface area contributed by atoms with Crippen LogP contribution in [-0.4, -0.2) is 52.9 Å². The smallest absolute Gasteiger partial charge is 0.292 e. The van der Waals surface area contributed by atoms with Crippen molar-refractivity contribution in [2.75, 3.05) is 26.2 Å². The molecule has 2 atom stereocenters. The first-order valence-corrected chi connectivity index (χ1v) is 6.80. The van der Waals surface area contributed by atoms with Gasteiger partial charge in [-0.05, 0) is 12.3 Å². The summed E-state index contributed by atoms with van der Waals surface area (Å²) in [6, 6.07) is 1.55. The summed E-state index contributed by atoms with van der Waals surface area (Å²) in [7, 11) is 0. The minimum absolute atomic E-state index is 0.0874. The number of aromatic nitrogens is 1. The molecule has 0 bridgehead atoms. The molecule has 1 aromatic heterocycles. The van der Waals surface area contributed by atoms with E-state index in [1.54, 1.807) is 17.0 Å². The monoisotopic (exact) mass is 275 g/mol. The van der Waals surface area contributed by atoms with Crippen LogP contribution >= 0.6 is 0 Å². The quantitative estimate of drug-likeness (QED) is 0.765. The normalized spacial score (nSPS) is 25.7. The first-order valence-electron chi connectivity index (χ1n) is 6.80. The Hall–Kier alpha value is -2.11. The lowest BCUT2D eigenvalue weighted by atomic mass is 9.88. The van der Waals surface area contributed by atoms with Gasteiger partial charge in [-0.15, -0.1) is 6.58 Å². The van der Waals surface area contributed by atoms with E-state index in [9.17, 15) is 9.59 Å². The summed E-state index contributed by atoms with van der Waals surface area (Å²) in [6.45, 7) is 6.09. The average molecular weight is 275 g/mol. The second-order valence-electron chi connectivity index (χ2n) is 5.31. The Kier molecular flexibility index (Phi) is 3.30. The van der Waals surface area contributed by atoms with Crippen molar-refractivity contribution in [3.05, 3.63) is 30.7 Å². The molecule has 6 heteroatoms. The van der Waals surface area contributed by atoms with Gasteiger partial charge in [0.25, 0.3) is 5.91 Å². The van der Waals surface area contributed by atoms with Gasteiger partial charge in [0.05, 0.1) is 12.1 Å². The fourth-order valence-electron chi connectivity index (χ4n) is 3.09. The van der Waals surface area contributed by atoms with Crippen LogP contribution in [0.4, 0.5) is 0 Å². The predicted octanol–water partition coefficient (Wildman–Crippen LogP) is 0.781. The molecule has 3 heterocycles. The fourth-order valence-corrected chi connectivity index (χ4v) is 3.09. The van der Waals surface area contributed by atoms with E-state index in [1.165, 1.54) is 6.20 Å². The van der Waals surface area contributed by atoms with Crippen molar-refractivity contribution in [2.45, 2.75) is 6.42 Å². The van der Waals surface area contributed by atoms with Gasteiger partial charge in [0.15, 0.2) is 0 Å². The highest BCUT2D eigenvalue weighted by atomic mass is 16.5. The molecule has 2 saturated heterocycles. The zero-order chi connectivity index (χ0) is 14.1. The van der Waals surface area contributed by atoms with Crippen LogP contribution in [0.3, 0.4) is 0 Å². The highest BCUT2D eigenvalue weighted by Crippen LogP contribution is 2.32. The van der Waals surface area contributed by atoms with E-state index in [0.717, 1.165) is 13.0 Å². The second kappa shape index (κ2) is 5.11. The van der Waals surface area contributed by atoms with Gasteiger partial charge in [-0.2, -0.15) is 0 Å². The van der Waals surface area contributed by atoms with Crippen LogP contribution in [0.1, 0.15) is 17.0 Å². The largest absolute Gasteiger partial charge is 0.351 e. The van der Waals surface area contributed by atoms with Crippen LogP contribution in [0.5, 0.6) is 0 Å². The number of amides is 2. The number of carbonyl (C=O) groups is 2. The summed E-state index contributed by atoms with van der Waals surface area (Å²) in [5.41, 5.74) is 0. The van der Waals surface area contributed by atoms with Crippen LogP contribution in [0.15, 0.2) is 29.4 Å². The van der Waals surface area contributed by atoms with Crippen LogP contribution in [0.25, 0.3) is 0 Å². The van der Waals surface area contributed by atoms with E-state index in [4.69, 9.17) is 4.52 Å². The first-order chi connectivity index (χ1) is 9.70. The summed E-state index contributed by atoms with van der Waals surface area (Å²) in [4.78, 5) is 28.1. The Morgan fingerprint density at radius 2 is 2.40 bits per heavy atom. The van der Waals surface area contributed by atoms with Crippen molar-refractivity contribution in [1.29, 1.82) is 0 Å². The molecule has 0 unspecified atom stereocenters. The number of fused-ring (bicyclic) bond motifs is 1. The molecule has 3 rings (SSSR count). The molecule has 0 spiro atoms. The number of hydrogen-bond donors (Lipinski definition) is 0. The molecule has 0 aromatic carbocycles. The molecular weight excluding hydrogens is 258 g/mol. The molecule has 1 aromatic rings. The maximum absolute atomic E-state index is 12.4. The highest BCUT2D eigenvalue weighted by molar-refractivity contribution is 5.92. The van der Waals surface area contributed by atoms with Gasteiger partial charge < -0.3 is 14.3 Å². The molecule has 106 valence electrons. The van der Waals surface area contributed by atoms with Crippen molar-refractivity contribution in [3.63, 3.8) is 0 Å². The van der Waals surface area contributed by atoms with Crippen molar-refractivity contribution in [2.24, 2.45) is 11.8 Å². The predicted molar refractivity (Wildman–Crippen MR) is 70.8 cm³/mol. The van der Waals surface area contributed by atoms with Gasteiger partial charge in [-0.3, -0.25) is 9.59 Å². The number of hydrogen-bond acceptors (Lipinski definition) is 4. The second-order valence-corrected chi connectivity index (χ2v) is 5.31. The van der Waals surface area contributed by atoms with Gasteiger partial charge in [-0.1, -0.05) is 11.2 Å². The van der Waals surface area contributed by atoms with Gasteiger partial charge in [0.2, 0.25) is 11.7 Å². The van der Waals surface area contributed by atoms with E-state index in [-0.39, 0.29) is 29.4 Å². The third kappa shape index (κ3) is 2.11. The fraction of sp³-hybridized carbons (Fsp3) is 0.500. The van der Waals surface area contributed by atoms with Gasteiger partial charge >= 0.3 is 0 Å². The van der Waals surface area contributed by atoms with Crippen LogP contribution in [0.2, 0.25) is 0 Å². The summed E-state index contributed by atoms with van der Waals surface area (Å²) < 4.78 is 4.90. The maximum atomic E-state index is 12.4. The van der Waals surface area contributed by atoms with E-state index < -0.39 is 0 Å². The molecule has 2 aliphatic heterocycles. The van der Waals surface area contributed by atoms with Gasteiger partial charge in [0.1, 0.15) is 0 Å². The zero-order valence-electron chi connectivity index (χ0n) is 11.2. The highest BCUT2D eigenvalue weighted by Gasteiger charge is 2.44. The molecule has 0 aliphatic carbocycles. The SMILES string of the molecule is C=CCN1CC[C@H]2CN(C(=O)c3ccno3)C[C@H]2C1=O. The summed E-state index contributed by atoms with van der Waals surface area (Å²) in [6.07, 6.45) is 4.13. The average Bonchev–Trinajstić information content (AvgIpc) is 3.10. The third-order valence-electron chi connectivity index (χ3n) is 4.12. The zero-order valence-corrected chi connectivity index (χ0v) is 11.2. The van der Waals surface area contributed by atoms with Crippen LogP contribution in [-0.2, 0) is 4.79 Å². The molecule has 0 saturated carbocycles. The molecule has 2 amide bonds. The van der Waals surface area contributed by atoms with E-state index in [1.807, 2.05) is 4.90 Å². The Bertz CT molecular complexity index is 526. The Labute approximate surface area is 117 Å². The van der Waals surface area contributed by atoms with Crippen molar-refractivity contribution in [1.82, 2.24) is 15.0 Å². The molecular formula is C14H17N3O3. The molecule has 20 heavy (non-hydrogen) atoms. The standard InChI is InChI=1S/C14H17N3O3/c1-2-6-16-7-4-10-8-17(9-11(10)13(16)18)14(19)12-3-5-15-20-12/h2-3,5,10-11H,1,4,6-9H2/t10-,11+/m0/s1. The Morgan fingerprint density at radius 3 is 3.10 bits per heavy atom. The molecule has 6 nitrogen and oxygen atoms in total. The van der Waals surface area contributed by atoms with E-state index in [0.29, 0.717) is 19.6 Å². The summed E-state index contributed by atoms with van der Waals surface area (Å²) >= 11 is 0. The van der Waals surface area contributed by atoms with Crippen molar-refractivity contribution in [3.8, 4) is 0 Å². The first kappa shape index (κ1) is 12.9. The number of rotatable bonds is 3. The van der Waals surface area contributed by atoms with Crippen molar-refractivity contribution >= 4 is 11.8 Å². The minimum Gasteiger partial charge on any atom is -0.351 e. The topological polar surface area (TPSA) is 66.7 Å². The van der Waals surface area contributed by atoms with Crippen LogP contribution in [0, 0.1) is 11.8 Å². The third-order valence-corrected chi connectivity index (χ3v) is 4.12. The molecule has 0 N–H and O–H groups in total. The lowest BCUT2D eigenvalue weighted by Crippen LogP contribution is -2.45.